The highest BCUT2D eigenvalue weighted by molar-refractivity contribution is 5.47. The smallest absolute Gasteiger partial charge is 0.139 e. The number of fused-ring (bicyclic) bond motifs is 1. The van der Waals surface area contributed by atoms with Crippen molar-refractivity contribution in [1.82, 2.24) is 14.3 Å². The SMILES string of the molecule is Cc1cccn2cc(CN3CCC[C@H](O)C3)nc12. The number of hydrogen-bond donors (Lipinski definition) is 1. The minimum absolute atomic E-state index is 0.169. The largest absolute Gasteiger partial charge is 0.392 e. The minimum atomic E-state index is -0.169. The first-order valence-corrected chi connectivity index (χ1v) is 6.56. The fourth-order valence-electron chi connectivity index (χ4n) is 2.68. The Balaban J connectivity index is 1.80. The highest BCUT2D eigenvalue weighted by atomic mass is 16.3. The fraction of sp³-hybridized carbons (Fsp3) is 0.500. The summed E-state index contributed by atoms with van der Waals surface area (Å²) >= 11 is 0. The van der Waals surface area contributed by atoms with Crippen LogP contribution >= 0.6 is 0 Å². The molecule has 3 rings (SSSR count). The van der Waals surface area contributed by atoms with E-state index in [4.69, 9.17) is 0 Å². The molecule has 1 aliphatic heterocycles. The monoisotopic (exact) mass is 245 g/mol. The Morgan fingerprint density at radius 2 is 2.39 bits per heavy atom. The summed E-state index contributed by atoms with van der Waals surface area (Å²) in [5.41, 5.74) is 3.31. The maximum atomic E-state index is 9.67. The Hall–Kier alpha value is -1.39. The van der Waals surface area contributed by atoms with Crippen molar-refractivity contribution in [2.24, 2.45) is 0 Å². The van der Waals surface area contributed by atoms with Gasteiger partial charge in [-0.05, 0) is 37.9 Å². The molecule has 1 saturated heterocycles. The lowest BCUT2D eigenvalue weighted by Crippen LogP contribution is -2.37. The number of pyridine rings is 1. The number of nitrogens with zero attached hydrogens (tertiary/aromatic N) is 3. The summed E-state index contributed by atoms with van der Waals surface area (Å²) < 4.78 is 2.07. The summed E-state index contributed by atoms with van der Waals surface area (Å²) in [5.74, 6) is 0. The van der Waals surface area contributed by atoms with Gasteiger partial charge in [-0.2, -0.15) is 0 Å². The zero-order chi connectivity index (χ0) is 12.5. The molecular formula is C14H19N3O. The number of rotatable bonds is 2. The Labute approximate surface area is 107 Å². The zero-order valence-electron chi connectivity index (χ0n) is 10.7. The third kappa shape index (κ3) is 2.26. The summed E-state index contributed by atoms with van der Waals surface area (Å²) in [7, 11) is 0. The van der Waals surface area contributed by atoms with Gasteiger partial charge in [0, 0.05) is 25.5 Å². The van der Waals surface area contributed by atoms with Crippen LogP contribution in [-0.2, 0) is 6.54 Å². The van der Waals surface area contributed by atoms with Crippen LogP contribution in [0.3, 0.4) is 0 Å². The summed E-state index contributed by atoms with van der Waals surface area (Å²) in [6.45, 7) is 4.74. The molecule has 96 valence electrons. The van der Waals surface area contributed by atoms with Crippen LogP contribution < -0.4 is 0 Å². The lowest BCUT2D eigenvalue weighted by molar-refractivity contribution is 0.0663. The highest BCUT2D eigenvalue weighted by Crippen LogP contribution is 2.15. The number of imidazole rings is 1. The molecule has 0 unspecified atom stereocenters. The maximum Gasteiger partial charge on any atom is 0.139 e. The second-order valence-electron chi connectivity index (χ2n) is 5.19. The van der Waals surface area contributed by atoms with E-state index in [2.05, 4.69) is 33.5 Å². The summed E-state index contributed by atoms with van der Waals surface area (Å²) in [5, 5.41) is 9.67. The summed E-state index contributed by atoms with van der Waals surface area (Å²) in [4.78, 5) is 6.95. The number of piperidine rings is 1. The van der Waals surface area contributed by atoms with E-state index in [0.717, 1.165) is 43.8 Å². The molecule has 2 aromatic rings. The Bertz CT molecular complexity index is 549. The Kier molecular flexibility index (Phi) is 3.06. The zero-order valence-corrected chi connectivity index (χ0v) is 10.7. The van der Waals surface area contributed by atoms with Crippen LogP contribution in [0, 0.1) is 6.92 Å². The molecule has 4 heteroatoms. The average molecular weight is 245 g/mol. The van der Waals surface area contributed by atoms with Crippen LogP contribution in [0.1, 0.15) is 24.1 Å². The quantitative estimate of drug-likeness (QED) is 0.873. The molecule has 18 heavy (non-hydrogen) atoms. The van der Waals surface area contributed by atoms with Gasteiger partial charge in [0.05, 0.1) is 11.8 Å². The molecule has 0 spiro atoms. The molecule has 2 aromatic heterocycles. The predicted octanol–water partition coefficient (Wildman–Crippen LogP) is 1.60. The molecule has 1 fully saturated rings. The van der Waals surface area contributed by atoms with Gasteiger partial charge in [-0.3, -0.25) is 4.90 Å². The van der Waals surface area contributed by atoms with Crippen LogP contribution in [0.2, 0.25) is 0 Å². The van der Waals surface area contributed by atoms with E-state index < -0.39 is 0 Å². The number of likely N-dealkylation sites (tertiary alicyclic amines) is 1. The molecule has 0 aliphatic carbocycles. The lowest BCUT2D eigenvalue weighted by Gasteiger charge is -2.29. The molecule has 0 saturated carbocycles. The minimum Gasteiger partial charge on any atom is -0.392 e. The number of aryl methyl sites for hydroxylation is 1. The fourth-order valence-corrected chi connectivity index (χ4v) is 2.68. The van der Waals surface area contributed by atoms with Crippen molar-refractivity contribution < 1.29 is 5.11 Å². The van der Waals surface area contributed by atoms with Crippen LogP contribution in [0.25, 0.3) is 5.65 Å². The first-order valence-electron chi connectivity index (χ1n) is 6.56. The van der Waals surface area contributed by atoms with Crippen LogP contribution in [0.5, 0.6) is 0 Å². The standard InChI is InChI=1S/C14H19N3O/c1-11-4-2-7-17-9-12(15-14(11)17)8-16-6-3-5-13(18)10-16/h2,4,7,9,13,18H,3,5-6,8,10H2,1H3/t13-/m0/s1. The van der Waals surface area contributed by atoms with Crippen molar-refractivity contribution in [2.45, 2.75) is 32.4 Å². The summed E-state index contributed by atoms with van der Waals surface area (Å²) in [6, 6.07) is 4.12. The number of aromatic nitrogens is 2. The molecular weight excluding hydrogens is 226 g/mol. The van der Waals surface area contributed by atoms with E-state index in [1.807, 2.05) is 12.3 Å². The van der Waals surface area contributed by atoms with E-state index in [9.17, 15) is 5.11 Å². The van der Waals surface area contributed by atoms with Crippen LogP contribution in [-0.4, -0.2) is 38.6 Å². The van der Waals surface area contributed by atoms with Gasteiger partial charge >= 0.3 is 0 Å². The van der Waals surface area contributed by atoms with E-state index in [1.54, 1.807) is 0 Å². The van der Waals surface area contributed by atoms with Crippen molar-refractivity contribution in [3.63, 3.8) is 0 Å². The first-order chi connectivity index (χ1) is 8.72. The van der Waals surface area contributed by atoms with Crippen molar-refractivity contribution in [2.75, 3.05) is 13.1 Å². The molecule has 0 aromatic carbocycles. The van der Waals surface area contributed by atoms with E-state index in [0.29, 0.717) is 0 Å². The highest BCUT2D eigenvalue weighted by Gasteiger charge is 2.18. The Morgan fingerprint density at radius 3 is 3.17 bits per heavy atom. The van der Waals surface area contributed by atoms with E-state index in [1.165, 1.54) is 5.56 Å². The second kappa shape index (κ2) is 4.71. The third-order valence-electron chi connectivity index (χ3n) is 3.59. The molecule has 0 radical (unpaired) electrons. The molecule has 0 amide bonds. The number of aliphatic hydroxyl groups excluding tert-OH is 1. The topological polar surface area (TPSA) is 40.8 Å². The second-order valence-corrected chi connectivity index (χ2v) is 5.19. The lowest BCUT2D eigenvalue weighted by atomic mass is 10.1. The number of hydrogen-bond acceptors (Lipinski definition) is 3. The van der Waals surface area contributed by atoms with Crippen LogP contribution in [0.4, 0.5) is 0 Å². The molecule has 4 nitrogen and oxygen atoms in total. The Morgan fingerprint density at radius 1 is 1.50 bits per heavy atom. The van der Waals surface area contributed by atoms with Gasteiger partial charge in [0.2, 0.25) is 0 Å². The summed E-state index contributed by atoms with van der Waals surface area (Å²) in [6.07, 6.45) is 5.96. The molecule has 0 bridgehead atoms. The van der Waals surface area contributed by atoms with E-state index >= 15 is 0 Å². The van der Waals surface area contributed by atoms with Crippen molar-refractivity contribution in [3.05, 3.63) is 35.8 Å². The maximum absolute atomic E-state index is 9.67. The molecule has 1 N–H and O–H groups in total. The molecule has 1 aliphatic rings. The van der Waals surface area contributed by atoms with Gasteiger partial charge in [-0.25, -0.2) is 4.98 Å². The number of aliphatic hydroxyl groups is 1. The van der Waals surface area contributed by atoms with Gasteiger partial charge in [0.25, 0.3) is 0 Å². The van der Waals surface area contributed by atoms with Crippen LogP contribution in [0.15, 0.2) is 24.5 Å². The predicted molar refractivity (Wildman–Crippen MR) is 70.4 cm³/mol. The molecule has 1 atom stereocenters. The van der Waals surface area contributed by atoms with Gasteiger partial charge in [0.15, 0.2) is 0 Å². The third-order valence-corrected chi connectivity index (χ3v) is 3.59. The van der Waals surface area contributed by atoms with Gasteiger partial charge in [-0.1, -0.05) is 6.07 Å². The normalized spacial score (nSPS) is 21.6. The van der Waals surface area contributed by atoms with Crippen molar-refractivity contribution in [1.29, 1.82) is 0 Å². The van der Waals surface area contributed by atoms with Crippen molar-refractivity contribution in [3.8, 4) is 0 Å². The van der Waals surface area contributed by atoms with Gasteiger partial charge in [-0.15, -0.1) is 0 Å². The van der Waals surface area contributed by atoms with Gasteiger partial charge in [0.1, 0.15) is 5.65 Å². The molecule has 3 heterocycles. The first kappa shape index (κ1) is 11.7. The van der Waals surface area contributed by atoms with E-state index in [-0.39, 0.29) is 6.10 Å². The average Bonchev–Trinajstić information content (AvgIpc) is 2.73. The number of β-amino-alcohol motifs (C(OH)–C–C–N with tert-alkyl or cyclic N) is 1. The van der Waals surface area contributed by atoms with Crippen molar-refractivity contribution >= 4 is 5.65 Å². The van der Waals surface area contributed by atoms with Gasteiger partial charge < -0.3 is 9.51 Å².